The highest BCUT2D eigenvalue weighted by molar-refractivity contribution is 9.10. The number of ether oxygens (including phenoxy) is 5. The predicted octanol–water partition coefficient (Wildman–Crippen LogP) is 4.24. The standard InChI is InChI=1S/C20H18BrNO6/c1-24-15-10-12(6-5-9-22)7-8-14(15)28-20(23)13-11-16(25-2)18(26-3)19(27-4)17(13)21/h5-8,10-11H,1-4H3/b6-5-. The highest BCUT2D eigenvalue weighted by Gasteiger charge is 2.24. The van der Waals surface area contributed by atoms with Crippen LogP contribution in [0, 0.1) is 11.3 Å². The van der Waals surface area contributed by atoms with Crippen molar-refractivity contribution in [2.45, 2.75) is 0 Å². The Morgan fingerprint density at radius 1 is 0.964 bits per heavy atom. The third kappa shape index (κ3) is 4.38. The van der Waals surface area contributed by atoms with Crippen molar-refractivity contribution in [1.29, 1.82) is 5.26 Å². The van der Waals surface area contributed by atoms with E-state index in [1.807, 2.05) is 6.07 Å². The number of nitriles is 1. The van der Waals surface area contributed by atoms with Gasteiger partial charge in [0.05, 0.1) is 44.5 Å². The summed E-state index contributed by atoms with van der Waals surface area (Å²) in [5.74, 6) is 0.889. The molecule has 8 heteroatoms. The van der Waals surface area contributed by atoms with Gasteiger partial charge in [0, 0.05) is 6.08 Å². The Hall–Kier alpha value is -3.18. The van der Waals surface area contributed by atoms with Crippen LogP contribution in [0.25, 0.3) is 6.08 Å². The molecule has 0 N–H and O–H groups in total. The van der Waals surface area contributed by atoms with E-state index in [-0.39, 0.29) is 11.3 Å². The molecule has 0 atom stereocenters. The molecule has 0 aliphatic heterocycles. The Balaban J connectivity index is 2.43. The van der Waals surface area contributed by atoms with Gasteiger partial charge in [-0.05, 0) is 45.8 Å². The Labute approximate surface area is 171 Å². The van der Waals surface area contributed by atoms with Gasteiger partial charge in [-0.25, -0.2) is 4.79 Å². The summed E-state index contributed by atoms with van der Waals surface area (Å²) < 4.78 is 27.1. The zero-order valence-corrected chi connectivity index (χ0v) is 17.3. The van der Waals surface area contributed by atoms with Crippen molar-refractivity contribution in [3.05, 3.63) is 45.9 Å². The van der Waals surface area contributed by atoms with Crippen LogP contribution in [-0.2, 0) is 0 Å². The highest BCUT2D eigenvalue weighted by Crippen LogP contribution is 2.45. The lowest BCUT2D eigenvalue weighted by Crippen LogP contribution is -2.11. The molecule has 0 aliphatic carbocycles. The number of allylic oxidation sites excluding steroid dienone is 1. The largest absolute Gasteiger partial charge is 0.493 e. The lowest BCUT2D eigenvalue weighted by atomic mass is 10.1. The molecule has 2 aromatic rings. The van der Waals surface area contributed by atoms with Crippen LogP contribution in [-0.4, -0.2) is 34.4 Å². The number of benzene rings is 2. The number of carbonyl (C=O) groups is 1. The first-order valence-corrected chi connectivity index (χ1v) is 8.74. The quantitative estimate of drug-likeness (QED) is 0.356. The molecule has 28 heavy (non-hydrogen) atoms. The van der Waals surface area contributed by atoms with Crippen LogP contribution in [0.15, 0.2) is 34.8 Å². The van der Waals surface area contributed by atoms with Crippen LogP contribution in [0.1, 0.15) is 15.9 Å². The number of esters is 1. The monoisotopic (exact) mass is 447 g/mol. The lowest BCUT2D eigenvalue weighted by Gasteiger charge is -2.16. The fourth-order valence-electron chi connectivity index (χ4n) is 2.43. The second-order valence-corrected chi connectivity index (χ2v) is 6.06. The normalized spacial score (nSPS) is 10.3. The van der Waals surface area contributed by atoms with Crippen LogP contribution in [0.2, 0.25) is 0 Å². The van der Waals surface area contributed by atoms with Crippen molar-refractivity contribution in [3.8, 4) is 34.8 Å². The summed E-state index contributed by atoms with van der Waals surface area (Å²) in [6.07, 6.45) is 2.96. The number of rotatable bonds is 7. The molecule has 0 saturated heterocycles. The van der Waals surface area contributed by atoms with Gasteiger partial charge < -0.3 is 23.7 Å². The first-order valence-electron chi connectivity index (χ1n) is 7.95. The molecule has 0 fully saturated rings. The number of hydrogen-bond acceptors (Lipinski definition) is 7. The summed E-state index contributed by atoms with van der Waals surface area (Å²) in [5.41, 5.74) is 0.914. The third-order valence-electron chi connectivity index (χ3n) is 3.73. The summed E-state index contributed by atoms with van der Waals surface area (Å²) in [6.45, 7) is 0. The molecule has 0 saturated carbocycles. The van der Waals surface area contributed by atoms with E-state index in [1.165, 1.54) is 40.6 Å². The van der Waals surface area contributed by atoms with Crippen molar-refractivity contribution >= 4 is 28.0 Å². The van der Waals surface area contributed by atoms with Gasteiger partial charge >= 0.3 is 5.97 Å². The number of methoxy groups -OCH3 is 4. The molecule has 0 heterocycles. The zero-order chi connectivity index (χ0) is 20.7. The fraction of sp³-hybridized carbons (Fsp3) is 0.200. The van der Waals surface area contributed by atoms with Crippen LogP contribution >= 0.6 is 15.9 Å². The Morgan fingerprint density at radius 2 is 1.64 bits per heavy atom. The summed E-state index contributed by atoms with van der Waals surface area (Å²) in [6, 6.07) is 8.34. The summed E-state index contributed by atoms with van der Waals surface area (Å²) in [5, 5.41) is 8.63. The van der Waals surface area contributed by atoms with E-state index >= 15 is 0 Å². The maximum Gasteiger partial charge on any atom is 0.345 e. The summed E-state index contributed by atoms with van der Waals surface area (Å²) >= 11 is 3.35. The van der Waals surface area contributed by atoms with E-state index in [9.17, 15) is 4.79 Å². The molecule has 146 valence electrons. The Bertz CT molecular complexity index is 949. The SMILES string of the molecule is COc1cc(/C=C\C#N)ccc1OC(=O)c1cc(OC)c(OC)c(OC)c1Br. The molecule has 0 unspecified atom stereocenters. The maximum atomic E-state index is 12.8. The molecule has 7 nitrogen and oxygen atoms in total. The lowest BCUT2D eigenvalue weighted by molar-refractivity contribution is 0.0727. The van der Waals surface area contributed by atoms with Crippen molar-refractivity contribution in [2.24, 2.45) is 0 Å². The molecule has 2 aromatic carbocycles. The van der Waals surface area contributed by atoms with E-state index in [1.54, 1.807) is 24.3 Å². The van der Waals surface area contributed by atoms with Crippen LogP contribution in [0.5, 0.6) is 28.7 Å². The van der Waals surface area contributed by atoms with Crippen LogP contribution in [0.3, 0.4) is 0 Å². The number of hydrogen-bond donors (Lipinski definition) is 0. The van der Waals surface area contributed by atoms with Crippen LogP contribution in [0.4, 0.5) is 0 Å². The Kier molecular flexibility index (Phi) is 7.29. The summed E-state index contributed by atoms with van der Waals surface area (Å²) in [7, 11) is 5.84. The minimum Gasteiger partial charge on any atom is -0.493 e. The van der Waals surface area contributed by atoms with E-state index in [0.717, 1.165) is 5.56 Å². The van der Waals surface area contributed by atoms with Gasteiger partial charge in [-0.15, -0.1) is 0 Å². The molecule has 0 radical (unpaired) electrons. The molecular weight excluding hydrogens is 430 g/mol. The predicted molar refractivity (Wildman–Crippen MR) is 106 cm³/mol. The van der Waals surface area contributed by atoms with Gasteiger partial charge in [-0.1, -0.05) is 6.07 Å². The number of halogens is 1. The van der Waals surface area contributed by atoms with Gasteiger partial charge in [-0.2, -0.15) is 5.26 Å². The smallest absolute Gasteiger partial charge is 0.345 e. The average Bonchev–Trinajstić information content (AvgIpc) is 2.72. The minimum absolute atomic E-state index is 0.185. The van der Waals surface area contributed by atoms with E-state index in [2.05, 4.69) is 15.9 Å². The fourth-order valence-corrected chi connectivity index (χ4v) is 3.05. The Morgan fingerprint density at radius 3 is 2.21 bits per heavy atom. The maximum absolute atomic E-state index is 12.8. The first kappa shape index (κ1) is 21.1. The van der Waals surface area contributed by atoms with Gasteiger partial charge in [0.1, 0.15) is 0 Å². The second kappa shape index (κ2) is 9.67. The van der Waals surface area contributed by atoms with Gasteiger partial charge in [0.25, 0.3) is 0 Å². The minimum atomic E-state index is -0.648. The van der Waals surface area contributed by atoms with Gasteiger partial charge in [0.15, 0.2) is 23.0 Å². The van der Waals surface area contributed by atoms with Crippen molar-refractivity contribution < 1.29 is 28.5 Å². The van der Waals surface area contributed by atoms with Crippen molar-refractivity contribution in [1.82, 2.24) is 0 Å². The van der Waals surface area contributed by atoms with Crippen molar-refractivity contribution in [2.75, 3.05) is 28.4 Å². The zero-order valence-electron chi connectivity index (χ0n) is 15.7. The van der Waals surface area contributed by atoms with E-state index in [4.69, 9.17) is 28.9 Å². The molecule has 0 bridgehead atoms. The van der Waals surface area contributed by atoms with E-state index < -0.39 is 5.97 Å². The summed E-state index contributed by atoms with van der Waals surface area (Å²) in [4.78, 5) is 12.8. The molecule has 2 rings (SSSR count). The molecule has 0 amide bonds. The average molecular weight is 448 g/mol. The molecule has 0 aliphatic rings. The third-order valence-corrected chi connectivity index (χ3v) is 4.52. The highest BCUT2D eigenvalue weighted by atomic mass is 79.9. The van der Waals surface area contributed by atoms with Gasteiger partial charge in [0.2, 0.25) is 5.75 Å². The topological polar surface area (TPSA) is 87.0 Å². The molecule has 0 spiro atoms. The first-order chi connectivity index (χ1) is 13.5. The molecular formula is C20H18BrNO6. The number of nitrogens with zero attached hydrogens (tertiary/aromatic N) is 1. The number of carbonyl (C=O) groups excluding carboxylic acids is 1. The van der Waals surface area contributed by atoms with E-state index in [0.29, 0.717) is 27.5 Å². The van der Waals surface area contributed by atoms with Crippen molar-refractivity contribution in [3.63, 3.8) is 0 Å². The van der Waals surface area contributed by atoms with Gasteiger partial charge in [-0.3, -0.25) is 0 Å². The van der Waals surface area contributed by atoms with Crippen LogP contribution < -0.4 is 23.7 Å². The second-order valence-electron chi connectivity index (χ2n) is 5.27. The molecule has 0 aromatic heterocycles.